The summed E-state index contributed by atoms with van der Waals surface area (Å²) < 4.78 is 2.35. The van der Waals surface area contributed by atoms with Gasteiger partial charge in [-0.2, -0.15) is 0 Å². The molecule has 3 aromatic carbocycles. The second-order valence-corrected chi connectivity index (χ2v) is 9.24. The fourth-order valence-corrected chi connectivity index (χ4v) is 4.99. The maximum atomic E-state index is 13.0. The first-order valence-electron chi connectivity index (χ1n) is 10.0. The van der Waals surface area contributed by atoms with Crippen molar-refractivity contribution >= 4 is 45.6 Å². The molecule has 5 rings (SSSR count). The molecule has 5 aromatic rings. The number of fused-ring (bicyclic) bond motifs is 1. The first-order chi connectivity index (χ1) is 16.1. The van der Waals surface area contributed by atoms with Crippen LogP contribution in [-0.4, -0.2) is 25.7 Å². The number of aryl methyl sites for hydroxylation is 1. The van der Waals surface area contributed by atoms with Crippen LogP contribution >= 0.6 is 23.1 Å². The third-order valence-corrected chi connectivity index (χ3v) is 6.86. The molecular formula is C24H17N5O2S2. The molecule has 0 fully saturated rings. The summed E-state index contributed by atoms with van der Waals surface area (Å²) in [5.41, 5.74) is 4.02. The number of benzene rings is 3. The highest BCUT2D eigenvalue weighted by molar-refractivity contribution is 8.01. The monoisotopic (exact) mass is 471 g/mol. The number of carbonyl (C=O) groups excluding carboxylic acids is 1. The number of nitrogens with zero attached hydrogens (tertiary/aromatic N) is 4. The van der Waals surface area contributed by atoms with E-state index < -0.39 is 0 Å². The van der Waals surface area contributed by atoms with Gasteiger partial charge in [-0.15, -0.1) is 10.2 Å². The molecule has 0 radical (unpaired) electrons. The van der Waals surface area contributed by atoms with E-state index in [1.165, 1.54) is 23.1 Å². The normalized spacial score (nSPS) is 10.9. The van der Waals surface area contributed by atoms with Crippen molar-refractivity contribution in [1.29, 1.82) is 0 Å². The zero-order chi connectivity index (χ0) is 22.8. The predicted octanol–water partition coefficient (Wildman–Crippen LogP) is 4.95. The number of carbonyl (C=O) groups is 1. The van der Waals surface area contributed by atoms with Crippen molar-refractivity contribution in [2.24, 2.45) is 0 Å². The Morgan fingerprint density at radius 3 is 2.55 bits per heavy atom. The number of anilines is 1. The zero-order valence-corrected chi connectivity index (χ0v) is 19.1. The van der Waals surface area contributed by atoms with Crippen LogP contribution in [0.2, 0.25) is 0 Å². The Hall–Kier alpha value is -3.82. The lowest BCUT2D eigenvalue weighted by atomic mass is 10.1. The molecule has 0 bridgehead atoms. The van der Waals surface area contributed by atoms with E-state index in [0.29, 0.717) is 33.7 Å². The van der Waals surface area contributed by atoms with Crippen molar-refractivity contribution in [2.45, 2.75) is 16.2 Å². The third kappa shape index (κ3) is 4.28. The van der Waals surface area contributed by atoms with Crippen molar-refractivity contribution in [3.63, 3.8) is 0 Å². The van der Waals surface area contributed by atoms with Gasteiger partial charge in [0.05, 0.1) is 22.3 Å². The Labute approximate surface area is 197 Å². The van der Waals surface area contributed by atoms with Crippen molar-refractivity contribution < 1.29 is 4.79 Å². The van der Waals surface area contributed by atoms with Crippen molar-refractivity contribution in [3.8, 4) is 5.69 Å². The lowest BCUT2D eigenvalue weighted by molar-refractivity contribution is 0.102. The average molecular weight is 472 g/mol. The number of rotatable bonds is 5. The van der Waals surface area contributed by atoms with Gasteiger partial charge in [-0.3, -0.25) is 14.2 Å². The predicted molar refractivity (Wildman–Crippen MR) is 131 cm³/mol. The van der Waals surface area contributed by atoms with E-state index in [9.17, 15) is 9.59 Å². The summed E-state index contributed by atoms with van der Waals surface area (Å²) in [5.74, 6) is 0.339. The molecular weight excluding hydrogens is 454 g/mol. The van der Waals surface area contributed by atoms with Crippen molar-refractivity contribution in [1.82, 2.24) is 19.7 Å². The highest BCUT2D eigenvalue weighted by Gasteiger charge is 2.13. The highest BCUT2D eigenvalue weighted by atomic mass is 32.2. The molecule has 1 amide bonds. The molecule has 9 heteroatoms. The van der Waals surface area contributed by atoms with Crippen LogP contribution in [0.15, 0.2) is 92.3 Å². The summed E-state index contributed by atoms with van der Waals surface area (Å²) in [6.45, 7) is 1.79. The van der Waals surface area contributed by atoms with Gasteiger partial charge in [0.15, 0.2) is 4.34 Å². The summed E-state index contributed by atoms with van der Waals surface area (Å²) in [4.78, 5) is 31.3. The van der Waals surface area contributed by atoms with Gasteiger partial charge in [-0.1, -0.05) is 47.4 Å². The van der Waals surface area contributed by atoms with E-state index in [2.05, 4.69) is 20.5 Å². The second kappa shape index (κ2) is 8.97. The van der Waals surface area contributed by atoms with Crippen LogP contribution in [0, 0.1) is 6.92 Å². The molecule has 0 aliphatic rings. The SMILES string of the molecule is Cc1nc2ccccc2c(=O)n1-c1ccc(C(=O)Nc2ccccc2Sc2nncs2)cc1. The van der Waals surface area contributed by atoms with Gasteiger partial charge in [0.2, 0.25) is 0 Å². The van der Waals surface area contributed by atoms with Gasteiger partial charge >= 0.3 is 0 Å². The Balaban J connectivity index is 1.41. The van der Waals surface area contributed by atoms with Crippen LogP contribution in [0.5, 0.6) is 0 Å². The molecule has 0 aliphatic heterocycles. The molecule has 2 aromatic heterocycles. The largest absolute Gasteiger partial charge is 0.321 e. The summed E-state index contributed by atoms with van der Waals surface area (Å²) in [6.07, 6.45) is 0. The van der Waals surface area contributed by atoms with Crippen LogP contribution < -0.4 is 10.9 Å². The Kier molecular flexibility index (Phi) is 5.72. The lowest BCUT2D eigenvalue weighted by Gasteiger charge is -2.12. The molecule has 0 spiro atoms. The minimum Gasteiger partial charge on any atom is -0.321 e. The Morgan fingerprint density at radius 1 is 1.00 bits per heavy atom. The van der Waals surface area contributed by atoms with Crippen molar-refractivity contribution in [2.75, 3.05) is 5.32 Å². The minimum absolute atomic E-state index is 0.141. The van der Waals surface area contributed by atoms with Crippen LogP contribution in [-0.2, 0) is 0 Å². The summed E-state index contributed by atoms with van der Waals surface area (Å²) in [5, 5.41) is 11.4. The first kappa shape index (κ1) is 21.0. The van der Waals surface area contributed by atoms with E-state index >= 15 is 0 Å². The van der Waals surface area contributed by atoms with Crippen molar-refractivity contribution in [3.05, 3.63) is 100 Å². The third-order valence-electron chi connectivity index (χ3n) is 5.00. The van der Waals surface area contributed by atoms with Gasteiger partial charge in [0.1, 0.15) is 11.3 Å². The summed E-state index contributed by atoms with van der Waals surface area (Å²) in [6, 6.07) is 21.7. The first-order valence-corrected chi connectivity index (χ1v) is 11.7. The number of amides is 1. The molecule has 0 aliphatic carbocycles. The van der Waals surface area contributed by atoms with E-state index in [1.54, 1.807) is 47.3 Å². The molecule has 1 N–H and O–H groups in total. The molecule has 0 unspecified atom stereocenters. The molecule has 162 valence electrons. The number of hydrogen-bond acceptors (Lipinski definition) is 7. The second-order valence-electron chi connectivity index (χ2n) is 7.12. The van der Waals surface area contributed by atoms with Gasteiger partial charge in [0, 0.05) is 10.5 Å². The topological polar surface area (TPSA) is 89.8 Å². The van der Waals surface area contributed by atoms with Crippen LogP contribution in [0.4, 0.5) is 5.69 Å². The number of hydrogen-bond donors (Lipinski definition) is 1. The number of para-hydroxylation sites is 2. The molecule has 33 heavy (non-hydrogen) atoms. The molecule has 0 atom stereocenters. The summed E-state index contributed by atoms with van der Waals surface area (Å²) in [7, 11) is 0. The Morgan fingerprint density at radius 2 is 1.76 bits per heavy atom. The minimum atomic E-state index is -0.243. The fraction of sp³-hybridized carbons (Fsp3) is 0.0417. The maximum Gasteiger partial charge on any atom is 0.265 e. The van der Waals surface area contributed by atoms with Crippen LogP contribution in [0.3, 0.4) is 0 Å². The van der Waals surface area contributed by atoms with Gasteiger partial charge in [-0.25, -0.2) is 4.98 Å². The van der Waals surface area contributed by atoms with E-state index in [0.717, 1.165) is 9.24 Å². The average Bonchev–Trinajstić information content (AvgIpc) is 3.34. The molecule has 0 saturated heterocycles. The van der Waals surface area contributed by atoms with Crippen LogP contribution in [0.25, 0.3) is 16.6 Å². The lowest BCUT2D eigenvalue weighted by Crippen LogP contribution is -2.22. The number of nitrogens with one attached hydrogen (secondary N) is 1. The van der Waals surface area contributed by atoms with E-state index in [-0.39, 0.29) is 11.5 Å². The van der Waals surface area contributed by atoms with E-state index in [4.69, 9.17) is 0 Å². The molecule has 7 nitrogen and oxygen atoms in total. The van der Waals surface area contributed by atoms with E-state index in [1.807, 2.05) is 42.5 Å². The molecule has 0 saturated carbocycles. The van der Waals surface area contributed by atoms with Gasteiger partial charge < -0.3 is 5.32 Å². The zero-order valence-electron chi connectivity index (χ0n) is 17.4. The number of aromatic nitrogens is 4. The maximum absolute atomic E-state index is 13.0. The highest BCUT2D eigenvalue weighted by Crippen LogP contribution is 2.34. The molecule has 2 heterocycles. The fourth-order valence-electron chi connectivity index (χ4n) is 3.46. The van der Waals surface area contributed by atoms with Gasteiger partial charge in [0.25, 0.3) is 11.5 Å². The summed E-state index contributed by atoms with van der Waals surface area (Å²) >= 11 is 2.89. The van der Waals surface area contributed by atoms with Crippen LogP contribution in [0.1, 0.15) is 16.2 Å². The standard InChI is InChI=1S/C24H17N5O2S2/c1-15-26-19-7-3-2-6-18(19)23(31)29(15)17-12-10-16(11-13-17)22(30)27-20-8-4-5-9-21(20)33-24-28-25-14-32-24/h2-14H,1H3,(H,27,30). The van der Waals surface area contributed by atoms with Gasteiger partial charge in [-0.05, 0) is 55.5 Å². The quantitative estimate of drug-likeness (QED) is 0.390. The Bertz CT molecular complexity index is 1510. The smallest absolute Gasteiger partial charge is 0.265 e.